The van der Waals surface area contributed by atoms with Gasteiger partial charge in [-0.3, -0.25) is 4.99 Å². The minimum absolute atomic E-state index is 0. The molecule has 2 aromatic heterocycles. The van der Waals surface area contributed by atoms with E-state index in [-0.39, 0.29) is 29.9 Å². The van der Waals surface area contributed by atoms with Crippen LogP contribution < -0.4 is 15.4 Å². The summed E-state index contributed by atoms with van der Waals surface area (Å²) in [6.45, 7) is 1.89. The van der Waals surface area contributed by atoms with E-state index in [9.17, 15) is 13.2 Å². The van der Waals surface area contributed by atoms with E-state index >= 15 is 0 Å². The standard InChI is InChI=1S/C17H21F3N4OS.HI/c1-3-13-5-6-14(26-13)10-24-16(21-2)23-9-12-4-7-15(22-8-12)25-11-17(18,19)20;/h4-8H,3,9-11H2,1-2H3,(H2,21,23,24);1H. The highest BCUT2D eigenvalue weighted by atomic mass is 127. The Hall–Kier alpha value is -1.56. The lowest BCUT2D eigenvalue weighted by atomic mass is 10.3. The van der Waals surface area contributed by atoms with Crippen molar-refractivity contribution in [1.82, 2.24) is 15.6 Å². The second-order valence-corrected chi connectivity index (χ2v) is 6.66. The van der Waals surface area contributed by atoms with Gasteiger partial charge in [0.15, 0.2) is 12.6 Å². The van der Waals surface area contributed by atoms with E-state index in [4.69, 9.17) is 0 Å². The van der Waals surface area contributed by atoms with Gasteiger partial charge in [-0.1, -0.05) is 13.0 Å². The number of nitrogens with one attached hydrogen (secondary N) is 2. The molecule has 0 bridgehead atoms. The van der Waals surface area contributed by atoms with Crippen LogP contribution in [-0.2, 0) is 19.5 Å². The van der Waals surface area contributed by atoms with Gasteiger partial charge in [-0.05, 0) is 24.1 Å². The van der Waals surface area contributed by atoms with Crippen LogP contribution in [0.1, 0.15) is 22.2 Å². The second kappa shape index (κ2) is 11.3. The SMILES string of the molecule is CCc1ccc(CNC(=NC)NCc2ccc(OCC(F)(F)F)nc2)s1.I. The van der Waals surface area contributed by atoms with Crippen LogP contribution in [0, 0.1) is 0 Å². The predicted octanol–water partition coefficient (Wildman–Crippen LogP) is 4.13. The molecule has 0 spiro atoms. The Balaban J connectivity index is 0.00000364. The van der Waals surface area contributed by atoms with Crippen molar-refractivity contribution < 1.29 is 17.9 Å². The summed E-state index contributed by atoms with van der Waals surface area (Å²) in [6.07, 6.45) is -1.88. The van der Waals surface area contributed by atoms with Gasteiger partial charge >= 0.3 is 6.18 Å². The number of guanidine groups is 1. The van der Waals surface area contributed by atoms with Crippen LogP contribution in [0.5, 0.6) is 5.88 Å². The summed E-state index contributed by atoms with van der Waals surface area (Å²) in [4.78, 5) is 10.6. The van der Waals surface area contributed by atoms with Gasteiger partial charge in [0, 0.05) is 35.6 Å². The minimum Gasteiger partial charge on any atom is -0.468 e. The Morgan fingerprint density at radius 3 is 2.41 bits per heavy atom. The van der Waals surface area contributed by atoms with Crippen LogP contribution in [0.2, 0.25) is 0 Å². The van der Waals surface area contributed by atoms with Crippen LogP contribution in [0.3, 0.4) is 0 Å². The molecule has 0 unspecified atom stereocenters. The van der Waals surface area contributed by atoms with E-state index in [0.29, 0.717) is 19.0 Å². The van der Waals surface area contributed by atoms with Crippen molar-refractivity contribution in [3.8, 4) is 5.88 Å². The number of aliphatic imine (C=N–C) groups is 1. The van der Waals surface area contributed by atoms with Crippen LogP contribution in [0.15, 0.2) is 35.5 Å². The van der Waals surface area contributed by atoms with E-state index in [2.05, 4.69) is 44.4 Å². The summed E-state index contributed by atoms with van der Waals surface area (Å²) in [5, 5.41) is 6.36. The van der Waals surface area contributed by atoms with Gasteiger partial charge in [-0.15, -0.1) is 35.3 Å². The largest absolute Gasteiger partial charge is 0.468 e. The predicted molar refractivity (Wildman–Crippen MR) is 112 cm³/mol. The fourth-order valence-electron chi connectivity index (χ4n) is 2.04. The van der Waals surface area contributed by atoms with E-state index < -0.39 is 12.8 Å². The Kier molecular flexibility index (Phi) is 9.84. The number of hydrogen-bond donors (Lipinski definition) is 2. The van der Waals surface area contributed by atoms with Gasteiger partial charge in [0.05, 0.1) is 6.54 Å². The molecule has 0 aromatic carbocycles. The van der Waals surface area contributed by atoms with Crippen LogP contribution in [0.4, 0.5) is 13.2 Å². The third-order valence-corrected chi connectivity index (χ3v) is 4.59. The Labute approximate surface area is 177 Å². The number of hydrogen-bond acceptors (Lipinski definition) is 4. The first-order valence-corrected chi connectivity index (χ1v) is 8.88. The smallest absolute Gasteiger partial charge is 0.422 e. The zero-order chi connectivity index (χ0) is 19.0. The molecule has 150 valence electrons. The third-order valence-electron chi connectivity index (χ3n) is 3.36. The minimum atomic E-state index is -4.37. The van der Waals surface area contributed by atoms with Gasteiger partial charge in [-0.2, -0.15) is 13.2 Å². The van der Waals surface area contributed by atoms with Gasteiger partial charge in [0.1, 0.15) is 0 Å². The van der Waals surface area contributed by atoms with Crippen molar-refractivity contribution in [1.29, 1.82) is 0 Å². The lowest BCUT2D eigenvalue weighted by Crippen LogP contribution is -2.36. The average Bonchev–Trinajstić information content (AvgIpc) is 3.08. The highest BCUT2D eigenvalue weighted by Crippen LogP contribution is 2.17. The number of pyridine rings is 1. The number of aromatic nitrogens is 1. The molecule has 2 heterocycles. The fourth-order valence-corrected chi connectivity index (χ4v) is 2.94. The summed E-state index contributed by atoms with van der Waals surface area (Å²) >= 11 is 1.76. The van der Waals surface area contributed by atoms with Crippen molar-refractivity contribution in [3.05, 3.63) is 45.8 Å². The van der Waals surface area contributed by atoms with Gasteiger partial charge in [0.25, 0.3) is 0 Å². The number of alkyl halides is 3. The molecular weight excluding hydrogens is 492 g/mol. The van der Waals surface area contributed by atoms with E-state index in [1.54, 1.807) is 24.5 Å². The Morgan fingerprint density at radius 2 is 1.85 bits per heavy atom. The van der Waals surface area contributed by atoms with E-state index in [0.717, 1.165) is 12.0 Å². The highest BCUT2D eigenvalue weighted by molar-refractivity contribution is 14.0. The fraction of sp³-hybridized carbons (Fsp3) is 0.412. The van der Waals surface area contributed by atoms with Crippen molar-refractivity contribution in [3.63, 3.8) is 0 Å². The number of rotatable bonds is 7. The molecule has 10 heteroatoms. The van der Waals surface area contributed by atoms with Gasteiger partial charge < -0.3 is 15.4 Å². The molecule has 27 heavy (non-hydrogen) atoms. The first kappa shape index (κ1) is 23.5. The molecule has 5 nitrogen and oxygen atoms in total. The third kappa shape index (κ3) is 8.78. The molecular formula is C17H22F3IN4OS. The molecule has 0 saturated heterocycles. The second-order valence-electron chi connectivity index (χ2n) is 5.41. The maximum Gasteiger partial charge on any atom is 0.422 e. The zero-order valence-corrected chi connectivity index (χ0v) is 18.1. The first-order chi connectivity index (χ1) is 12.4. The molecule has 0 aliphatic carbocycles. The normalized spacial score (nSPS) is 11.7. The number of nitrogens with zero attached hydrogens (tertiary/aromatic N) is 2. The molecule has 2 aromatic rings. The number of aryl methyl sites for hydroxylation is 1. The van der Waals surface area contributed by atoms with E-state index in [1.807, 2.05) is 0 Å². The Morgan fingerprint density at radius 1 is 1.15 bits per heavy atom. The van der Waals surface area contributed by atoms with Gasteiger partial charge in [0.2, 0.25) is 5.88 Å². The lowest BCUT2D eigenvalue weighted by molar-refractivity contribution is -0.154. The maximum absolute atomic E-state index is 12.1. The molecule has 0 saturated carbocycles. The van der Waals surface area contributed by atoms with Crippen LogP contribution >= 0.6 is 35.3 Å². The molecule has 0 aliphatic heterocycles. The summed E-state index contributed by atoms with van der Waals surface area (Å²) in [5.74, 6) is 0.576. The lowest BCUT2D eigenvalue weighted by Gasteiger charge is -2.12. The molecule has 0 amide bonds. The van der Waals surface area contributed by atoms with Crippen LogP contribution in [-0.4, -0.2) is 30.8 Å². The number of ether oxygens (including phenoxy) is 1. The summed E-state index contributed by atoms with van der Waals surface area (Å²) in [7, 11) is 1.67. The maximum atomic E-state index is 12.1. The molecule has 0 atom stereocenters. The van der Waals surface area contributed by atoms with Crippen molar-refractivity contribution in [2.45, 2.75) is 32.6 Å². The molecule has 0 aliphatic rings. The average molecular weight is 514 g/mol. The quantitative estimate of drug-likeness (QED) is 0.332. The zero-order valence-electron chi connectivity index (χ0n) is 15.0. The highest BCUT2D eigenvalue weighted by Gasteiger charge is 2.28. The number of halogens is 4. The summed E-state index contributed by atoms with van der Waals surface area (Å²) < 4.78 is 40.9. The molecule has 2 N–H and O–H groups in total. The molecule has 0 radical (unpaired) electrons. The Bertz CT molecular complexity index is 720. The monoisotopic (exact) mass is 514 g/mol. The van der Waals surface area contributed by atoms with E-state index in [1.165, 1.54) is 22.0 Å². The van der Waals surface area contributed by atoms with Crippen molar-refractivity contribution in [2.24, 2.45) is 4.99 Å². The summed E-state index contributed by atoms with van der Waals surface area (Å²) in [6, 6.07) is 7.28. The first-order valence-electron chi connectivity index (χ1n) is 8.06. The molecule has 2 rings (SSSR count). The summed E-state index contributed by atoms with van der Waals surface area (Å²) in [5.41, 5.74) is 0.803. The molecule has 0 fully saturated rings. The van der Waals surface area contributed by atoms with Crippen molar-refractivity contribution in [2.75, 3.05) is 13.7 Å². The topological polar surface area (TPSA) is 58.5 Å². The van der Waals surface area contributed by atoms with Gasteiger partial charge in [-0.25, -0.2) is 4.98 Å². The number of thiophene rings is 1. The van der Waals surface area contributed by atoms with Crippen molar-refractivity contribution >= 4 is 41.3 Å². The van der Waals surface area contributed by atoms with Crippen LogP contribution in [0.25, 0.3) is 0 Å².